The molecule has 1 aliphatic rings. The highest BCUT2D eigenvalue weighted by Gasteiger charge is 2.38. The maximum atomic E-state index is 13.2. The first-order chi connectivity index (χ1) is 6.93. The van der Waals surface area contributed by atoms with Crippen LogP contribution in [0.15, 0.2) is 0 Å². The van der Waals surface area contributed by atoms with Crippen molar-refractivity contribution in [1.82, 2.24) is 0 Å². The lowest BCUT2D eigenvalue weighted by Gasteiger charge is -2.37. The van der Waals surface area contributed by atoms with Gasteiger partial charge in [0.2, 0.25) is 0 Å². The van der Waals surface area contributed by atoms with Crippen molar-refractivity contribution in [2.24, 2.45) is 23.7 Å². The summed E-state index contributed by atoms with van der Waals surface area (Å²) >= 11 is 0. The Hall–Kier alpha value is -0.210. The van der Waals surface area contributed by atoms with Gasteiger partial charge in [-0.3, -0.25) is 0 Å². The van der Waals surface area contributed by atoms with Crippen molar-refractivity contribution >= 4 is 0 Å². The van der Waals surface area contributed by atoms with E-state index >= 15 is 0 Å². The number of alkyl halides is 3. The van der Waals surface area contributed by atoms with E-state index in [-0.39, 0.29) is 5.92 Å². The predicted octanol–water partition coefficient (Wildman–Crippen LogP) is 4.30. The third-order valence-electron chi connectivity index (χ3n) is 3.87. The molecule has 0 N–H and O–H groups in total. The van der Waals surface area contributed by atoms with Gasteiger partial charge < -0.3 is 0 Å². The fourth-order valence-corrected chi connectivity index (χ4v) is 2.73. The monoisotopic (exact) mass is 222 g/mol. The van der Waals surface area contributed by atoms with E-state index in [9.17, 15) is 13.2 Å². The van der Waals surface area contributed by atoms with Crippen LogP contribution < -0.4 is 0 Å². The van der Waals surface area contributed by atoms with E-state index in [2.05, 4.69) is 13.8 Å². The van der Waals surface area contributed by atoms with Gasteiger partial charge in [0.25, 0.3) is 6.43 Å². The molecule has 0 nitrogen and oxygen atoms in total. The highest BCUT2D eigenvalue weighted by Crippen LogP contribution is 2.40. The van der Waals surface area contributed by atoms with Crippen LogP contribution in [0, 0.1) is 23.7 Å². The Morgan fingerprint density at radius 2 is 1.67 bits per heavy atom. The minimum atomic E-state index is -2.81. The van der Waals surface area contributed by atoms with Gasteiger partial charge in [0, 0.05) is 0 Å². The first-order valence-electron chi connectivity index (χ1n) is 5.85. The minimum absolute atomic E-state index is 0.0927. The van der Waals surface area contributed by atoms with Crippen LogP contribution in [-0.2, 0) is 0 Å². The average Bonchev–Trinajstić information content (AvgIpc) is 2.16. The SMILES string of the molecule is CC(C)C1CCC(C(F)C(F)F)[C@@H](C)C1. The van der Waals surface area contributed by atoms with Crippen molar-refractivity contribution in [3.8, 4) is 0 Å². The second-order valence-electron chi connectivity index (χ2n) is 5.24. The van der Waals surface area contributed by atoms with E-state index in [0.29, 0.717) is 18.3 Å². The highest BCUT2D eigenvalue weighted by molar-refractivity contribution is 4.84. The summed E-state index contributed by atoms with van der Waals surface area (Å²) < 4.78 is 37.8. The molecule has 0 amide bonds. The van der Waals surface area contributed by atoms with Crippen LogP contribution in [0.25, 0.3) is 0 Å². The Morgan fingerprint density at radius 1 is 1.07 bits per heavy atom. The van der Waals surface area contributed by atoms with E-state index in [1.165, 1.54) is 0 Å². The van der Waals surface area contributed by atoms with Crippen LogP contribution >= 0.6 is 0 Å². The van der Waals surface area contributed by atoms with Gasteiger partial charge in [0.15, 0.2) is 6.17 Å². The maximum Gasteiger partial charge on any atom is 0.269 e. The Labute approximate surface area is 90.2 Å². The van der Waals surface area contributed by atoms with Gasteiger partial charge >= 0.3 is 0 Å². The summed E-state index contributed by atoms with van der Waals surface area (Å²) in [5.74, 6) is 0.828. The molecule has 1 fully saturated rings. The van der Waals surface area contributed by atoms with Gasteiger partial charge in [-0.05, 0) is 42.9 Å². The molecule has 1 rings (SSSR count). The maximum absolute atomic E-state index is 13.2. The third kappa shape index (κ3) is 3.12. The van der Waals surface area contributed by atoms with E-state index in [0.717, 1.165) is 12.8 Å². The molecule has 0 saturated heterocycles. The van der Waals surface area contributed by atoms with Gasteiger partial charge in [0.1, 0.15) is 0 Å². The van der Waals surface area contributed by atoms with E-state index in [1.807, 2.05) is 6.92 Å². The summed E-state index contributed by atoms with van der Waals surface area (Å²) in [6.45, 7) is 6.21. The molecule has 0 radical (unpaired) electrons. The molecule has 0 aliphatic heterocycles. The molecule has 0 heterocycles. The molecule has 3 unspecified atom stereocenters. The van der Waals surface area contributed by atoms with Crippen molar-refractivity contribution < 1.29 is 13.2 Å². The van der Waals surface area contributed by atoms with Crippen molar-refractivity contribution in [2.45, 2.75) is 52.6 Å². The molecular weight excluding hydrogens is 201 g/mol. The standard InChI is InChI=1S/C12H21F3/c1-7(2)9-4-5-10(8(3)6-9)11(13)12(14)15/h7-12H,4-6H2,1-3H3/t8-,9?,10?,11?/m0/s1. The number of rotatable bonds is 3. The van der Waals surface area contributed by atoms with Gasteiger partial charge in [-0.2, -0.15) is 0 Å². The first kappa shape index (κ1) is 12.9. The molecule has 0 aromatic rings. The largest absolute Gasteiger partial charge is 0.269 e. The average molecular weight is 222 g/mol. The Morgan fingerprint density at radius 3 is 2.07 bits per heavy atom. The van der Waals surface area contributed by atoms with Crippen molar-refractivity contribution in [3.05, 3.63) is 0 Å². The normalized spacial score (nSPS) is 34.8. The van der Waals surface area contributed by atoms with Gasteiger partial charge in [-0.1, -0.05) is 20.8 Å². The van der Waals surface area contributed by atoms with Crippen LogP contribution in [0.3, 0.4) is 0 Å². The summed E-state index contributed by atoms with van der Waals surface area (Å²) in [4.78, 5) is 0. The summed E-state index contributed by atoms with van der Waals surface area (Å²) in [5, 5.41) is 0. The molecule has 1 saturated carbocycles. The number of hydrogen-bond acceptors (Lipinski definition) is 0. The predicted molar refractivity (Wildman–Crippen MR) is 55.7 cm³/mol. The van der Waals surface area contributed by atoms with Crippen LogP contribution in [0.1, 0.15) is 40.0 Å². The molecule has 0 bridgehead atoms. The third-order valence-corrected chi connectivity index (χ3v) is 3.87. The van der Waals surface area contributed by atoms with E-state index < -0.39 is 18.5 Å². The summed E-state index contributed by atoms with van der Waals surface area (Å²) in [7, 11) is 0. The van der Waals surface area contributed by atoms with Gasteiger partial charge in [-0.25, -0.2) is 13.2 Å². The Kier molecular flexibility index (Phi) is 4.47. The zero-order valence-corrected chi connectivity index (χ0v) is 9.72. The quantitative estimate of drug-likeness (QED) is 0.668. The van der Waals surface area contributed by atoms with Crippen LogP contribution in [-0.4, -0.2) is 12.6 Å². The van der Waals surface area contributed by atoms with Crippen LogP contribution in [0.5, 0.6) is 0 Å². The van der Waals surface area contributed by atoms with E-state index in [1.54, 1.807) is 0 Å². The summed E-state index contributed by atoms with van der Waals surface area (Å²) in [6, 6.07) is 0. The minimum Gasteiger partial charge on any atom is -0.241 e. The lowest BCUT2D eigenvalue weighted by Crippen LogP contribution is -2.34. The summed E-state index contributed by atoms with van der Waals surface area (Å²) in [5.41, 5.74) is 0. The van der Waals surface area contributed by atoms with Crippen molar-refractivity contribution in [3.63, 3.8) is 0 Å². The molecular formula is C12H21F3. The van der Waals surface area contributed by atoms with Crippen molar-refractivity contribution in [1.29, 1.82) is 0 Å². The second kappa shape index (κ2) is 5.22. The van der Waals surface area contributed by atoms with Crippen LogP contribution in [0.4, 0.5) is 13.2 Å². The van der Waals surface area contributed by atoms with Crippen molar-refractivity contribution in [2.75, 3.05) is 0 Å². The van der Waals surface area contributed by atoms with E-state index in [4.69, 9.17) is 0 Å². The molecule has 1 aliphatic carbocycles. The molecule has 0 aromatic carbocycles. The second-order valence-corrected chi connectivity index (χ2v) is 5.24. The summed E-state index contributed by atoms with van der Waals surface area (Å²) in [6.07, 6.45) is -2.31. The fourth-order valence-electron chi connectivity index (χ4n) is 2.73. The highest BCUT2D eigenvalue weighted by atomic mass is 19.3. The smallest absolute Gasteiger partial charge is 0.241 e. The first-order valence-corrected chi connectivity index (χ1v) is 5.85. The molecule has 90 valence electrons. The zero-order chi connectivity index (χ0) is 11.6. The van der Waals surface area contributed by atoms with Crippen LogP contribution in [0.2, 0.25) is 0 Å². The lowest BCUT2D eigenvalue weighted by atomic mass is 9.70. The van der Waals surface area contributed by atoms with Gasteiger partial charge in [-0.15, -0.1) is 0 Å². The zero-order valence-electron chi connectivity index (χ0n) is 9.72. The molecule has 0 aromatic heterocycles. The van der Waals surface area contributed by atoms with Gasteiger partial charge in [0.05, 0.1) is 0 Å². The molecule has 3 heteroatoms. The Balaban J connectivity index is 2.52. The molecule has 0 spiro atoms. The molecule has 15 heavy (non-hydrogen) atoms. The Bertz CT molecular complexity index is 191. The fraction of sp³-hybridized carbons (Fsp3) is 1.00. The topological polar surface area (TPSA) is 0 Å². The number of halogens is 3. The number of hydrogen-bond donors (Lipinski definition) is 0. The lowest BCUT2D eigenvalue weighted by molar-refractivity contribution is -0.0201. The molecule has 4 atom stereocenters.